The number of ether oxygens (including phenoxy) is 1. The number of fused-ring (bicyclic) bond motifs is 3. The van der Waals surface area contributed by atoms with Crippen LogP contribution in [-0.2, 0) is 20.9 Å². The number of imide groups is 1. The number of halogens is 1. The van der Waals surface area contributed by atoms with Gasteiger partial charge < -0.3 is 10.1 Å². The average molecular weight is 642 g/mol. The molecule has 1 fully saturated rings. The van der Waals surface area contributed by atoms with Crippen LogP contribution in [0.15, 0.2) is 101 Å². The maximum absolute atomic E-state index is 14.1. The summed E-state index contributed by atoms with van der Waals surface area (Å²) in [5, 5.41) is 4.98. The summed E-state index contributed by atoms with van der Waals surface area (Å²) in [4.78, 5) is 56.4. The minimum Gasteiger partial charge on any atom is -0.496 e. The van der Waals surface area contributed by atoms with Crippen molar-refractivity contribution < 1.29 is 19.1 Å². The van der Waals surface area contributed by atoms with E-state index in [9.17, 15) is 19.2 Å². The summed E-state index contributed by atoms with van der Waals surface area (Å²) in [6.45, 7) is -0.250. The number of carbonyl (C=O) groups excluding carboxylic acids is 3. The van der Waals surface area contributed by atoms with Gasteiger partial charge in [0.1, 0.15) is 17.5 Å². The second-order valence-electron chi connectivity index (χ2n) is 10.5. The largest absolute Gasteiger partial charge is 0.496 e. The van der Waals surface area contributed by atoms with E-state index in [2.05, 4.69) is 5.32 Å². The second kappa shape index (κ2) is 11.3. The second-order valence-corrected chi connectivity index (χ2v) is 13.0. The maximum atomic E-state index is 14.1. The molecule has 2 aliphatic rings. The summed E-state index contributed by atoms with van der Waals surface area (Å²) < 4.78 is 7.09. The zero-order valence-corrected chi connectivity index (χ0v) is 25.6. The lowest BCUT2D eigenvalue weighted by atomic mass is 9.82. The van der Waals surface area contributed by atoms with Gasteiger partial charge in [-0.05, 0) is 41.8 Å². The molecular formula is C33H24ClN3O5S2. The number of amides is 3. The fourth-order valence-corrected chi connectivity index (χ4v) is 8.92. The highest BCUT2D eigenvalue weighted by Gasteiger charge is 2.57. The number of hydrogen-bond acceptors (Lipinski definition) is 7. The molecule has 2 aliphatic heterocycles. The third-order valence-corrected chi connectivity index (χ3v) is 10.8. The molecule has 3 atom stereocenters. The van der Waals surface area contributed by atoms with Crippen LogP contribution in [0.4, 0.5) is 11.4 Å². The van der Waals surface area contributed by atoms with Crippen LogP contribution >= 0.6 is 34.7 Å². The molecule has 0 bridgehead atoms. The Morgan fingerprint density at radius 3 is 2.43 bits per heavy atom. The number of aromatic nitrogens is 1. The molecule has 3 amide bonds. The normalized spacial score (nSPS) is 19.1. The van der Waals surface area contributed by atoms with Gasteiger partial charge in [0.05, 0.1) is 23.7 Å². The van der Waals surface area contributed by atoms with E-state index in [4.69, 9.17) is 16.3 Å². The van der Waals surface area contributed by atoms with Crippen molar-refractivity contribution in [3.05, 3.63) is 116 Å². The van der Waals surface area contributed by atoms with Gasteiger partial charge in [-0.2, -0.15) is 0 Å². The van der Waals surface area contributed by atoms with Crippen molar-refractivity contribution in [1.29, 1.82) is 0 Å². The molecule has 1 N–H and O–H groups in total. The van der Waals surface area contributed by atoms with Crippen molar-refractivity contribution in [3.63, 3.8) is 0 Å². The van der Waals surface area contributed by atoms with Gasteiger partial charge in [0, 0.05) is 32.5 Å². The van der Waals surface area contributed by atoms with E-state index in [1.54, 1.807) is 37.4 Å². The van der Waals surface area contributed by atoms with Crippen molar-refractivity contribution in [2.45, 2.75) is 22.7 Å². The SMILES string of the molecule is COc1ccccc1[C@@H]1c2sc(=O)n(CC(=O)Nc3cccc4ccccc34)c2S[C@H]2C(=O)N(c3ccc(Cl)cc3)C(=O)[C@@H]12. The van der Waals surface area contributed by atoms with Gasteiger partial charge >= 0.3 is 4.87 Å². The van der Waals surface area contributed by atoms with Gasteiger partial charge in [-0.3, -0.25) is 23.7 Å². The van der Waals surface area contributed by atoms with Crippen LogP contribution in [0.25, 0.3) is 10.8 Å². The van der Waals surface area contributed by atoms with E-state index in [-0.39, 0.29) is 29.1 Å². The third kappa shape index (κ3) is 4.70. The van der Waals surface area contributed by atoms with Gasteiger partial charge in [0.15, 0.2) is 0 Å². The van der Waals surface area contributed by atoms with E-state index in [1.807, 2.05) is 60.7 Å². The highest BCUT2D eigenvalue weighted by molar-refractivity contribution is 8.00. The molecule has 0 unspecified atom stereocenters. The van der Waals surface area contributed by atoms with Crippen LogP contribution < -0.4 is 19.8 Å². The number of rotatable bonds is 6. The van der Waals surface area contributed by atoms with Crippen molar-refractivity contribution >= 4 is 74.6 Å². The van der Waals surface area contributed by atoms with E-state index < -0.39 is 17.1 Å². The van der Waals surface area contributed by atoms with Gasteiger partial charge in [-0.25, -0.2) is 4.90 Å². The first-order chi connectivity index (χ1) is 21.4. The van der Waals surface area contributed by atoms with Crippen molar-refractivity contribution in [1.82, 2.24) is 4.57 Å². The van der Waals surface area contributed by atoms with E-state index in [1.165, 1.54) is 21.2 Å². The molecule has 5 aromatic rings. The number of methoxy groups -OCH3 is 1. The van der Waals surface area contributed by atoms with E-state index >= 15 is 0 Å². The number of nitrogens with one attached hydrogen (secondary N) is 1. The van der Waals surface area contributed by atoms with Gasteiger partial charge in [0.2, 0.25) is 17.7 Å². The summed E-state index contributed by atoms with van der Waals surface area (Å²) in [5.74, 6) is -2.01. The zero-order chi connectivity index (χ0) is 30.5. The van der Waals surface area contributed by atoms with Gasteiger partial charge in [-0.1, -0.05) is 89.3 Å². The predicted octanol–water partition coefficient (Wildman–Crippen LogP) is 6.16. The van der Waals surface area contributed by atoms with Crippen LogP contribution in [0.2, 0.25) is 5.02 Å². The van der Waals surface area contributed by atoms with Gasteiger partial charge in [-0.15, -0.1) is 0 Å². The standard InChI is InChI=1S/C33H24ClN3O5S2/c1-42-24-12-5-4-10-22(24)26-27-28(31(40)37(30(27)39)20-15-13-19(34)14-16-20)43-32-29(26)44-33(41)36(32)17-25(38)35-23-11-6-8-18-7-2-3-9-21(18)23/h2-16,26-28H,17H2,1H3,(H,35,38)/t26-,27-,28+/m0/s1. The number of hydrogen-bond donors (Lipinski definition) is 1. The third-order valence-electron chi connectivity index (χ3n) is 7.97. The molecule has 7 rings (SSSR count). The minimum atomic E-state index is -0.818. The highest BCUT2D eigenvalue weighted by Crippen LogP contribution is 2.55. The number of thioether (sulfide) groups is 1. The Kier molecular flexibility index (Phi) is 7.28. The summed E-state index contributed by atoms with van der Waals surface area (Å²) in [6.07, 6.45) is 0. The summed E-state index contributed by atoms with van der Waals surface area (Å²) >= 11 is 8.24. The number of para-hydroxylation sites is 1. The molecule has 0 spiro atoms. The zero-order valence-electron chi connectivity index (χ0n) is 23.2. The highest BCUT2D eigenvalue weighted by atomic mass is 35.5. The summed E-state index contributed by atoms with van der Waals surface area (Å²) in [7, 11) is 1.54. The number of nitrogens with zero attached hydrogens (tertiary/aromatic N) is 2. The fraction of sp³-hybridized carbons (Fsp3) is 0.152. The Morgan fingerprint density at radius 2 is 1.64 bits per heavy atom. The lowest BCUT2D eigenvalue weighted by Crippen LogP contribution is -2.33. The molecule has 1 aromatic heterocycles. The molecule has 44 heavy (non-hydrogen) atoms. The Bertz CT molecular complexity index is 2020. The molecular weight excluding hydrogens is 618 g/mol. The number of benzene rings is 4. The van der Waals surface area contributed by atoms with Crippen molar-refractivity contribution in [2.75, 3.05) is 17.3 Å². The molecule has 0 radical (unpaired) electrons. The van der Waals surface area contributed by atoms with Crippen molar-refractivity contribution in [3.8, 4) is 5.75 Å². The molecule has 11 heteroatoms. The molecule has 220 valence electrons. The predicted molar refractivity (Wildman–Crippen MR) is 173 cm³/mol. The Hall–Kier alpha value is -4.38. The first kappa shape index (κ1) is 28.4. The minimum absolute atomic E-state index is 0.250. The summed E-state index contributed by atoms with van der Waals surface area (Å²) in [6, 6.07) is 27.2. The van der Waals surface area contributed by atoms with Crippen LogP contribution in [0.5, 0.6) is 5.75 Å². The topological polar surface area (TPSA) is 97.7 Å². The summed E-state index contributed by atoms with van der Waals surface area (Å²) in [5.41, 5.74) is 1.76. The average Bonchev–Trinajstić information content (AvgIpc) is 3.48. The van der Waals surface area contributed by atoms with Crippen LogP contribution in [0, 0.1) is 5.92 Å². The number of thiazole rings is 1. The number of carbonyl (C=O) groups is 3. The van der Waals surface area contributed by atoms with Crippen molar-refractivity contribution in [2.24, 2.45) is 5.92 Å². The lowest BCUT2D eigenvalue weighted by Gasteiger charge is -2.31. The Balaban J connectivity index is 1.30. The molecule has 8 nitrogen and oxygen atoms in total. The van der Waals surface area contributed by atoms with Crippen LogP contribution in [0.3, 0.4) is 0 Å². The van der Waals surface area contributed by atoms with E-state index in [0.29, 0.717) is 37.6 Å². The number of anilines is 2. The lowest BCUT2D eigenvalue weighted by molar-refractivity contribution is -0.122. The van der Waals surface area contributed by atoms with Gasteiger partial charge in [0.25, 0.3) is 0 Å². The van der Waals surface area contributed by atoms with Crippen LogP contribution in [-0.4, -0.2) is 34.6 Å². The van der Waals surface area contributed by atoms with Crippen LogP contribution in [0.1, 0.15) is 16.4 Å². The monoisotopic (exact) mass is 641 g/mol. The smallest absolute Gasteiger partial charge is 0.308 e. The maximum Gasteiger partial charge on any atom is 0.308 e. The molecule has 3 heterocycles. The molecule has 0 aliphatic carbocycles. The Labute approximate surface area is 265 Å². The first-order valence-electron chi connectivity index (χ1n) is 13.8. The Morgan fingerprint density at radius 1 is 0.909 bits per heavy atom. The molecule has 4 aromatic carbocycles. The quantitative estimate of drug-likeness (QED) is 0.223. The molecule has 0 saturated carbocycles. The van der Waals surface area contributed by atoms with E-state index in [0.717, 1.165) is 22.1 Å². The molecule has 1 saturated heterocycles. The first-order valence-corrected chi connectivity index (χ1v) is 15.9. The fourth-order valence-electron chi connectivity index (χ4n) is 6.03.